The van der Waals surface area contributed by atoms with Crippen LogP contribution in [-0.2, 0) is 11.3 Å². The van der Waals surface area contributed by atoms with Crippen LogP contribution in [0.25, 0.3) is 0 Å². The van der Waals surface area contributed by atoms with Crippen molar-refractivity contribution in [2.75, 3.05) is 20.6 Å². The number of nitrogens with zero attached hydrogens (tertiary/aromatic N) is 5. The molecule has 2 amide bonds. The summed E-state index contributed by atoms with van der Waals surface area (Å²) >= 11 is 0. The van der Waals surface area contributed by atoms with E-state index < -0.39 is 6.17 Å². The molecule has 0 N–H and O–H groups in total. The zero-order chi connectivity index (χ0) is 15.9. The third kappa shape index (κ3) is 2.95. The Bertz CT molecular complexity index is 584. The molecule has 3 rings (SSSR count). The highest BCUT2D eigenvalue weighted by molar-refractivity contribution is 5.91. The molecular formula is C14H20FN5O2. The summed E-state index contributed by atoms with van der Waals surface area (Å²) in [5.41, 5.74) is 0.250. The quantitative estimate of drug-likeness (QED) is 0.803. The molecule has 1 saturated carbocycles. The van der Waals surface area contributed by atoms with Crippen molar-refractivity contribution in [1.82, 2.24) is 24.8 Å². The van der Waals surface area contributed by atoms with E-state index >= 15 is 0 Å². The van der Waals surface area contributed by atoms with Crippen LogP contribution in [0.3, 0.4) is 0 Å². The van der Waals surface area contributed by atoms with Gasteiger partial charge in [0.1, 0.15) is 6.17 Å². The molecule has 0 radical (unpaired) electrons. The zero-order valence-electron chi connectivity index (χ0n) is 12.8. The highest BCUT2D eigenvalue weighted by atomic mass is 19.1. The molecular weight excluding hydrogens is 289 g/mol. The fraction of sp³-hybridized carbons (Fsp3) is 0.714. The van der Waals surface area contributed by atoms with Crippen LogP contribution < -0.4 is 0 Å². The molecule has 0 unspecified atom stereocenters. The van der Waals surface area contributed by atoms with Crippen LogP contribution in [0.1, 0.15) is 29.8 Å². The lowest BCUT2D eigenvalue weighted by molar-refractivity contribution is -0.133. The molecule has 2 atom stereocenters. The molecule has 8 heteroatoms. The smallest absolute Gasteiger partial charge is 0.275 e. The van der Waals surface area contributed by atoms with Gasteiger partial charge in [0.05, 0.1) is 25.3 Å². The average molecular weight is 309 g/mol. The van der Waals surface area contributed by atoms with Crippen molar-refractivity contribution in [2.24, 2.45) is 5.92 Å². The average Bonchev–Trinajstić information content (AvgIpc) is 3.12. The second kappa shape index (κ2) is 5.66. The summed E-state index contributed by atoms with van der Waals surface area (Å²) in [6, 6.07) is -0.216. The number of halogens is 1. The number of likely N-dealkylation sites (tertiary alicyclic amines) is 1. The first kappa shape index (κ1) is 14.9. The van der Waals surface area contributed by atoms with Gasteiger partial charge < -0.3 is 9.80 Å². The maximum atomic E-state index is 13.7. The molecule has 0 spiro atoms. The van der Waals surface area contributed by atoms with Crippen LogP contribution in [-0.4, -0.2) is 69.5 Å². The standard InChI is InChI=1S/C14H20FN5O2/c1-18(2)14(22)12-8-19(17-16-12)7-11-5-10(15)6-20(11)13(21)9-3-4-9/h8-11H,3-7H2,1-2H3/t10-,11-/m0/s1. The topological polar surface area (TPSA) is 71.3 Å². The van der Waals surface area contributed by atoms with Gasteiger partial charge in [-0.1, -0.05) is 5.21 Å². The fourth-order valence-corrected chi connectivity index (χ4v) is 2.80. The molecule has 0 aromatic carbocycles. The summed E-state index contributed by atoms with van der Waals surface area (Å²) in [6.45, 7) is 0.533. The van der Waals surface area contributed by atoms with Crippen molar-refractivity contribution in [3.8, 4) is 0 Å². The molecule has 22 heavy (non-hydrogen) atoms. The Kier molecular flexibility index (Phi) is 3.84. The lowest BCUT2D eigenvalue weighted by atomic mass is 10.2. The minimum atomic E-state index is -0.987. The van der Waals surface area contributed by atoms with Gasteiger partial charge >= 0.3 is 0 Å². The second-order valence-corrected chi connectivity index (χ2v) is 6.28. The van der Waals surface area contributed by atoms with Gasteiger partial charge in [-0.2, -0.15) is 0 Å². The predicted molar refractivity (Wildman–Crippen MR) is 75.8 cm³/mol. The summed E-state index contributed by atoms with van der Waals surface area (Å²) in [4.78, 5) is 27.1. The van der Waals surface area contributed by atoms with Gasteiger partial charge in [0.25, 0.3) is 5.91 Å². The normalized spacial score (nSPS) is 24.6. The van der Waals surface area contributed by atoms with Crippen molar-refractivity contribution in [3.63, 3.8) is 0 Å². The van der Waals surface area contributed by atoms with E-state index in [1.807, 2.05) is 0 Å². The Balaban J connectivity index is 1.68. The van der Waals surface area contributed by atoms with E-state index in [4.69, 9.17) is 0 Å². The van der Waals surface area contributed by atoms with E-state index in [9.17, 15) is 14.0 Å². The van der Waals surface area contributed by atoms with E-state index in [0.29, 0.717) is 13.0 Å². The number of carbonyl (C=O) groups is 2. The fourth-order valence-electron chi connectivity index (χ4n) is 2.80. The van der Waals surface area contributed by atoms with Crippen molar-refractivity contribution in [2.45, 2.75) is 38.0 Å². The summed E-state index contributed by atoms with van der Waals surface area (Å²) in [5, 5.41) is 7.76. The molecule has 1 aliphatic carbocycles. The molecule has 0 bridgehead atoms. The molecule has 2 fully saturated rings. The van der Waals surface area contributed by atoms with Crippen LogP contribution in [0.15, 0.2) is 6.20 Å². The van der Waals surface area contributed by atoms with Crippen molar-refractivity contribution >= 4 is 11.8 Å². The van der Waals surface area contributed by atoms with E-state index in [2.05, 4.69) is 10.3 Å². The number of alkyl halides is 1. The van der Waals surface area contributed by atoms with Crippen molar-refractivity contribution in [1.29, 1.82) is 0 Å². The largest absolute Gasteiger partial charge is 0.343 e. The maximum Gasteiger partial charge on any atom is 0.275 e. The minimum absolute atomic E-state index is 0.0508. The summed E-state index contributed by atoms with van der Waals surface area (Å²) in [6.07, 6.45) is 2.69. The van der Waals surface area contributed by atoms with Gasteiger partial charge in [-0.3, -0.25) is 9.59 Å². The Labute approximate surface area is 128 Å². The first-order valence-electron chi connectivity index (χ1n) is 7.52. The van der Waals surface area contributed by atoms with Gasteiger partial charge in [0.2, 0.25) is 5.91 Å². The third-order valence-electron chi connectivity index (χ3n) is 4.13. The van der Waals surface area contributed by atoms with E-state index in [0.717, 1.165) is 12.8 Å². The first-order chi connectivity index (χ1) is 10.5. The SMILES string of the molecule is CN(C)C(=O)c1cn(C[C@@H]2C[C@H](F)CN2C(=O)C2CC2)nn1. The molecule has 1 aliphatic heterocycles. The van der Waals surface area contributed by atoms with Gasteiger partial charge in [-0.05, 0) is 12.8 Å². The molecule has 7 nitrogen and oxygen atoms in total. The van der Waals surface area contributed by atoms with Crippen LogP contribution in [0.4, 0.5) is 4.39 Å². The summed E-state index contributed by atoms with van der Waals surface area (Å²) in [5.74, 6) is -0.101. The monoisotopic (exact) mass is 309 g/mol. The Morgan fingerprint density at radius 1 is 1.41 bits per heavy atom. The van der Waals surface area contributed by atoms with E-state index in [-0.39, 0.29) is 36.0 Å². The lowest BCUT2D eigenvalue weighted by Crippen LogP contribution is -2.39. The van der Waals surface area contributed by atoms with Crippen LogP contribution in [0.5, 0.6) is 0 Å². The Morgan fingerprint density at radius 3 is 2.77 bits per heavy atom. The van der Waals surface area contributed by atoms with Gasteiger partial charge in [0.15, 0.2) is 5.69 Å². The molecule has 1 aromatic rings. The number of rotatable bonds is 4. The van der Waals surface area contributed by atoms with Gasteiger partial charge in [0, 0.05) is 26.4 Å². The van der Waals surface area contributed by atoms with Crippen LogP contribution in [0, 0.1) is 5.92 Å². The van der Waals surface area contributed by atoms with Gasteiger partial charge in [-0.15, -0.1) is 5.10 Å². The third-order valence-corrected chi connectivity index (χ3v) is 4.13. The molecule has 120 valence electrons. The van der Waals surface area contributed by atoms with E-state index in [1.165, 1.54) is 9.58 Å². The first-order valence-corrected chi connectivity index (χ1v) is 7.52. The number of carbonyl (C=O) groups excluding carboxylic acids is 2. The predicted octanol–water partition coefficient (Wildman–Crippen LogP) is 0.329. The lowest BCUT2D eigenvalue weighted by Gasteiger charge is -2.24. The molecule has 2 heterocycles. The Hall–Kier alpha value is -1.99. The summed E-state index contributed by atoms with van der Waals surface area (Å²) < 4.78 is 15.2. The van der Waals surface area contributed by atoms with Crippen molar-refractivity contribution < 1.29 is 14.0 Å². The van der Waals surface area contributed by atoms with Crippen molar-refractivity contribution in [3.05, 3.63) is 11.9 Å². The van der Waals surface area contributed by atoms with E-state index in [1.54, 1.807) is 25.2 Å². The zero-order valence-corrected chi connectivity index (χ0v) is 12.8. The molecule has 2 aliphatic rings. The molecule has 1 saturated heterocycles. The highest BCUT2D eigenvalue weighted by Gasteiger charge is 2.41. The highest BCUT2D eigenvalue weighted by Crippen LogP contribution is 2.34. The number of aromatic nitrogens is 3. The van der Waals surface area contributed by atoms with Gasteiger partial charge in [-0.25, -0.2) is 9.07 Å². The second-order valence-electron chi connectivity index (χ2n) is 6.28. The molecule has 1 aromatic heterocycles. The van der Waals surface area contributed by atoms with Crippen LogP contribution >= 0.6 is 0 Å². The summed E-state index contributed by atoms with van der Waals surface area (Å²) in [7, 11) is 3.28. The van der Waals surface area contributed by atoms with Crippen LogP contribution in [0.2, 0.25) is 0 Å². The Morgan fingerprint density at radius 2 is 2.14 bits per heavy atom. The number of hydrogen-bond donors (Lipinski definition) is 0. The maximum absolute atomic E-state index is 13.7. The number of amides is 2. The minimum Gasteiger partial charge on any atom is -0.343 e. The number of hydrogen-bond acceptors (Lipinski definition) is 4.